The van der Waals surface area contributed by atoms with Crippen molar-refractivity contribution in [1.82, 2.24) is 24.9 Å². The number of halogens is 1. The molecule has 9 nitrogen and oxygen atoms in total. The van der Waals surface area contributed by atoms with Crippen molar-refractivity contribution in [2.24, 2.45) is 4.99 Å². The van der Waals surface area contributed by atoms with E-state index in [1.807, 2.05) is 91.1 Å². The molecule has 4 heterocycles. The van der Waals surface area contributed by atoms with Crippen LogP contribution in [0.2, 0.25) is 0 Å². The standard InChI is InChI=1S/C35H27FN7O2Si/c1-35(46)21-39-33(44)28-19-40-43-20-29(31(42-32(28)43)37-17-25-16-26(36)18-38-34(25)45-35)22-12-14-27(15-13-22)41-30(23-8-4-2-5-9-23)24-10-6-3-7-11-24/h2-16,18-20H,17,21H2,1H3,(H,37,42)(H,39,44)/t35-/m0/s1. The number of anilines is 1. The number of carbonyl (C=O) groups is 1. The number of nitrogens with zero attached hydrogens (tertiary/aromatic N) is 5. The molecule has 3 aromatic carbocycles. The van der Waals surface area contributed by atoms with E-state index in [0.717, 1.165) is 39.8 Å². The fourth-order valence-corrected chi connectivity index (χ4v) is 5.39. The van der Waals surface area contributed by atoms with Gasteiger partial charge < -0.3 is 15.4 Å². The predicted octanol–water partition coefficient (Wildman–Crippen LogP) is 5.72. The van der Waals surface area contributed by atoms with Crippen LogP contribution >= 0.6 is 0 Å². The second-order valence-corrected chi connectivity index (χ2v) is 12.1. The normalized spacial score (nSPS) is 16.2. The van der Waals surface area contributed by atoms with Crippen LogP contribution in [0.1, 0.15) is 34.0 Å². The van der Waals surface area contributed by atoms with Crippen molar-refractivity contribution >= 4 is 39.0 Å². The minimum Gasteiger partial charge on any atom is -0.474 e. The number of ether oxygens (including phenoxy) is 1. The van der Waals surface area contributed by atoms with Crippen molar-refractivity contribution in [3.63, 3.8) is 0 Å². The molecule has 1 atom stereocenters. The summed E-state index contributed by atoms with van der Waals surface area (Å²) in [6.45, 7) is 2.00. The highest BCUT2D eigenvalue weighted by Crippen LogP contribution is 2.31. The molecule has 1 aliphatic heterocycles. The first kappa shape index (κ1) is 29.1. The lowest BCUT2D eigenvalue weighted by molar-refractivity contribution is 0.0912. The van der Waals surface area contributed by atoms with Crippen LogP contribution in [0.3, 0.4) is 0 Å². The maximum Gasteiger partial charge on any atom is 0.256 e. The number of aliphatic imine (C=N–C) groups is 1. The summed E-state index contributed by atoms with van der Waals surface area (Å²) in [7, 11) is 3.58. The molecule has 3 aromatic heterocycles. The second-order valence-electron chi connectivity index (χ2n) is 11.1. The van der Waals surface area contributed by atoms with E-state index >= 15 is 0 Å². The van der Waals surface area contributed by atoms with Crippen LogP contribution in [0.25, 0.3) is 16.8 Å². The van der Waals surface area contributed by atoms with Gasteiger partial charge in [0.15, 0.2) is 5.65 Å². The van der Waals surface area contributed by atoms with E-state index in [1.54, 1.807) is 11.4 Å². The number of rotatable bonds is 4. The third-order valence-electron chi connectivity index (χ3n) is 7.50. The average Bonchev–Trinajstić information content (AvgIpc) is 3.49. The first-order chi connectivity index (χ1) is 22.3. The molecule has 1 amide bonds. The number of carbonyl (C=O) groups excluding carboxylic acids is 1. The fraction of sp³-hybridized carbons (Fsp3) is 0.114. The summed E-state index contributed by atoms with van der Waals surface area (Å²) in [6, 6.07) is 29.3. The van der Waals surface area contributed by atoms with Gasteiger partial charge in [0.2, 0.25) is 5.88 Å². The molecule has 2 bridgehead atoms. The van der Waals surface area contributed by atoms with E-state index in [-0.39, 0.29) is 24.9 Å². The number of hydrogen-bond acceptors (Lipinski definition) is 7. The zero-order valence-electron chi connectivity index (χ0n) is 24.7. The lowest BCUT2D eigenvalue weighted by Crippen LogP contribution is -2.46. The molecular weight excluding hydrogens is 598 g/mol. The van der Waals surface area contributed by atoms with E-state index in [0.29, 0.717) is 22.6 Å². The Bertz CT molecular complexity index is 2040. The van der Waals surface area contributed by atoms with E-state index in [9.17, 15) is 9.18 Å². The zero-order valence-corrected chi connectivity index (χ0v) is 25.7. The third-order valence-corrected chi connectivity index (χ3v) is 7.78. The fourth-order valence-electron chi connectivity index (χ4n) is 5.21. The van der Waals surface area contributed by atoms with Gasteiger partial charge in [0, 0.05) is 35.0 Å². The van der Waals surface area contributed by atoms with Crippen LogP contribution in [0, 0.1) is 5.82 Å². The molecule has 2 N–H and O–H groups in total. The van der Waals surface area contributed by atoms with Crippen LogP contribution in [-0.2, 0) is 6.54 Å². The summed E-state index contributed by atoms with van der Waals surface area (Å²) in [4.78, 5) is 27.2. The van der Waals surface area contributed by atoms with Crippen LogP contribution in [0.15, 0.2) is 115 Å². The Kier molecular flexibility index (Phi) is 7.59. The molecule has 225 valence electrons. The molecular formula is C35H27FN7O2Si. The van der Waals surface area contributed by atoms with Crippen molar-refractivity contribution in [3.8, 4) is 17.0 Å². The zero-order chi connectivity index (χ0) is 31.7. The molecule has 3 radical (unpaired) electrons. The second kappa shape index (κ2) is 12.0. The van der Waals surface area contributed by atoms with Crippen LogP contribution in [0.4, 0.5) is 15.9 Å². The van der Waals surface area contributed by atoms with E-state index < -0.39 is 11.0 Å². The molecule has 0 spiro atoms. The minimum atomic E-state index is -1.02. The number of amides is 1. The summed E-state index contributed by atoms with van der Waals surface area (Å²) in [6.07, 6.45) is 4.39. The summed E-state index contributed by atoms with van der Waals surface area (Å²) in [5.41, 5.74) is 6.37. The van der Waals surface area contributed by atoms with Crippen molar-refractivity contribution in [2.45, 2.75) is 18.7 Å². The molecule has 0 saturated heterocycles. The Morgan fingerprint density at radius 1 is 0.957 bits per heavy atom. The number of fused-ring (bicyclic) bond motifs is 2. The van der Waals surface area contributed by atoms with E-state index in [4.69, 9.17) is 14.7 Å². The van der Waals surface area contributed by atoms with Crippen molar-refractivity contribution < 1.29 is 13.9 Å². The Balaban J connectivity index is 1.30. The SMILES string of the molecule is C[C@]1([Si])CNC(=O)c2cnn3cc(-c4ccc(N=C(c5ccccc5)c5ccccc5)cc4)c(nc23)NCc2cc(F)cnc2O1. The molecule has 0 fully saturated rings. The van der Waals surface area contributed by atoms with Gasteiger partial charge in [0.1, 0.15) is 22.4 Å². The summed E-state index contributed by atoms with van der Waals surface area (Å²) in [5, 5.41) is 9.59. The molecule has 0 unspecified atom stereocenters. The number of nitrogens with one attached hydrogen (secondary N) is 2. The Hall–Kier alpha value is -5.68. The first-order valence-corrected chi connectivity index (χ1v) is 15.1. The largest absolute Gasteiger partial charge is 0.474 e. The predicted molar refractivity (Wildman–Crippen MR) is 175 cm³/mol. The van der Waals surface area contributed by atoms with Gasteiger partial charge in [0.25, 0.3) is 5.91 Å². The minimum absolute atomic E-state index is 0.0992. The number of pyridine rings is 1. The van der Waals surface area contributed by atoms with Gasteiger partial charge >= 0.3 is 0 Å². The maximum atomic E-state index is 14.3. The highest BCUT2D eigenvalue weighted by Gasteiger charge is 2.26. The van der Waals surface area contributed by atoms with Gasteiger partial charge in [-0.3, -0.25) is 4.79 Å². The van der Waals surface area contributed by atoms with E-state index in [1.165, 1.54) is 12.3 Å². The van der Waals surface area contributed by atoms with Crippen LogP contribution in [0.5, 0.6) is 5.88 Å². The molecule has 11 heteroatoms. The quantitative estimate of drug-likeness (QED) is 0.192. The average molecular weight is 625 g/mol. The molecule has 46 heavy (non-hydrogen) atoms. The summed E-state index contributed by atoms with van der Waals surface area (Å²) < 4.78 is 22.0. The van der Waals surface area contributed by atoms with Crippen molar-refractivity contribution in [1.29, 1.82) is 0 Å². The van der Waals surface area contributed by atoms with Crippen molar-refractivity contribution in [2.75, 3.05) is 11.9 Å². The number of hydrogen-bond donors (Lipinski definition) is 2. The maximum absolute atomic E-state index is 14.3. The van der Waals surface area contributed by atoms with Crippen molar-refractivity contribution in [3.05, 3.63) is 138 Å². The number of benzene rings is 3. The first-order valence-electron chi connectivity index (χ1n) is 14.6. The summed E-state index contributed by atoms with van der Waals surface area (Å²) >= 11 is 0. The molecule has 6 aromatic rings. The Morgan fingerprint density at radius 2 is 1.65 bits per heavy atom. The van der Waals surface area contributed by atoms with Gasteiger partial charge in [-0.1, -0.05) is 72.8 Å². The Labute approximate surface area is 267 Å². The van der Waals surface area contributed by atoms with Gasteiger partial charge in [-0.05, 0) is 30.7 Å². The topological polar surface area (TPSA) is 106 Å². The molecule has 0 aliphatic carbocycles. The van der Waals surface area contributed by atoms with Gasteiger partial charge in [-0.15, -0.1) is 0 Å². The highest BCUT2D eigenvalue weighted by molar-refractivity contribution is 6.15. The molecule has 7 rings (SSSR count). The third kappa shape index (κ3) is 6.00. The smallest absolute Gasteiger partial charge is 0.256 e. The number of aromatic nitrogens is 4. The van der Waals surface area contributed by atoms with Gasteiger partial charge in [-0.25, -0.2) is 23.9 Å². The van der Waals surface area contributed by atoms with Crippen LogP contribution in [-0.4, -0.2) is 53.2 Å². The summed E-state index contributed by atoms with van der Waals surface area (Å²) in [5.74, 6) is -0.167. The highest BCUT2D eigenvalue weighted by atomic mass is 28.1. The monoisotopic (exact) mass is 624 g/mol. The lowest BCUT2D eigenvalue weighted by Gasteiger charge is -2.27. The van der Waals surface area contributed by atoms with E-state index in [2.05, 4.69) is 31.0 Å². The Morgan fingerprint density at radius 3 is 2.35 bits per heavy atom. The molecule has 0 saturated carbocycles. The van der Waals surface area contributed by atoms with Gasteiger partial charge in [0.05, 0.1) is 40.6 Å². The van der Waals surface area contributed by atoms with Gasteiger partial charge in [-0.2, -0.15) is 5.10 Å². The van der Waals surface area contributed by atoms with Crippen LogP contribution < -0.4 is 15.4 Å². The molecule has 1 aliphatic rings. The lowest BCUT2D eigenvalue weighted by atomic mass is 10.0.